The Morgan fingerprint density at radius 3 is 2.38 bits per heavy atom. The predicted molar refractivity (Wildman–Crippen MR) is 59.3 cm³/mol. The first-order chi connectivity index (χ1) is 7.51. The highest BCUT2D eigenvalue weighted by molar-refractivity contribution is 4.77. The monoisotopic (exact) mass is 237 g/mol. The highest BCUT2D eigenvalue weighted by atomic mass is 19.4. The van der Waals surface area contributed by atoms with Crippen LogP contribution in [-0.4, -0.2) is 18.8 Å². The highest BCUT2D eigenvalue weighted by Crippen LogP contribution is 2.31. The van der Waals surface area contributed by atoms with Crippen LogP contribution in [0.15, 0.2) is 0 Å². The van der Waals surface area contributed by atoms with E-state index in [1.54, 1.807) is 0 Å². The maximum Gasteiger partial charge on any atom is 0.390 e. The molecular formula is C12H22F3N. The Kier molecular flexibility index (Phi) is 5.59. The number of hydrogen-bond donors (Lipinski definition) is 1. The third kappa shape index (κ3) is 5.73. The summed E-state index contributed by atoms with van der Waals surface area (Å²) in [6.45, 7) is 2.67. The van der Waals surface area contributed by atoms with Crippen molar-refractivity contribution in [2.75, 3.05) is 6.54 Å². The third-order valence-electron chi connectivity index (χ3n) is 3.25. The van der Waals surface area contributed by atoms with Crippen LogP contribution in [0.4, 0.5) is 13.2 Å². The Morgan fingerprint density at radius 2 is 1.88 bits per heavy atom. The van der Waals surface area contributed by atoms with Crippen molar-refractivity contribution < 1.29 is 13.2 Å². The van der Waals surface area contributed by atoms with E-state index in [9.17, 15) is 13.2 Å². The molecule has 1 unspecified atom stereocenters. The van der Waals surface area contributed by atoms with Crippen molar-refractivity contribution in [3.63, 3.8) is 0 Å². The molecule has 0 bridgehead atoms. The van der Waals surface area contributed by atoms with Gasteiger partial charge in [0.2, 0.25) is 0 Å². The molecule has 1 nitrogen and oxygen atoms in total. The molecule has 0 aromatic heterocycles. The molecule has 1 aliphatic rings. The lowest BCUT2D eigenvalue weighted by Crippen LogP contribution is -2.35. The van der Waals surface area contributed by atoms with Crippen LogP contribution in [-0.2, 0) is 0 Å². The van der Waals surface area contributed by atoms with E-state index in [4.69, 9.17) is 0 Å². The second-order valence-corrected chi connectivity index (χ2v) is 4.86. The van der Waals surface area contributed by atoms with Gasteiger partial charge >= 0.3 is 6.18 Å². The van der Waals surface area contributed by atoms with Crippen molar-refractivity contribution in [3.05, 3.63) is 0 Å². The van der Waals surface area contributed by atoms with Crippen molar-refractivity contribution in [1.82, 2.24) is 5.32 Å². The normalized spacial score (nSPS) is 20.2. The zero-order chi connectivity index (χ0) is 12.0. The van der Waals surface area contributed by atoms with Crippen LogP contribution in [0.2, 0.25) is 0 Å². The van der Waals surface area contributed by atoms with Gasteiger partial charge in [0.15, 0.2) is 0 Å². The van der Waals surface area contributed by atoms with Crippen LogP contribution in [0.1, 0.15) is 51.9 Å². The molecule has 1 saturated carbocycles. The highest BCUT2D eigenvalue weighted by Gasteiger charge is 2.33. The molecule has 1 N–H and O–H groups in total. The molecule has 0 saturated heterocycles. The molecule has 1 atom stereocenters. The molecule has 0 radical (unpaired) electrons. The van der Waals surface area contributed by atoms with Crippen molar-refractivity contribution in [2.45, 2.75) is 64.1 Å². The number of alkyl halides is 3. The summed E-state index contributed by atoms with van der Waals surface area (Å²) in [5.74, 6) is 0.511. The van der Waals surface area contributed by atoms with Crippen LogP contribution >= 0.6 is 0 Å². The minimum absolute atomic E-state index is 0.372. The number of nitrogens with one attached hydrogen (secondary N) is 1. The largest absolute Gasteiger partial charge is 0.390 e. The average molecular weight is 237 g/mol. The summed E-state index contributed by atoms with van der Waals surface area (Å²) in [5.41, 5.74) is 0. The van der Waals surface area contributed by atoms with Gasteiger partial charge in [-0.2, -0.15) is 13.2 Å². The minimum atomic E-state index is -4.04. The lowest BCUT2D eigenvalue weighted by atomic mass is 9.96. The summed E-state index contributed by atoms with van der Waals surface area (Å²) in [5, 5.41) is 3.03. The van der Waals surface area contributed by atoms with Gasteiger partial charge in [0, 0.05) is 6.04 Å². The third-order valence-corrected chi connectivity index (χ3v) is 3.25. The van der Waals surface area contributed by atoms with Crippen LogP contribution < -0.4 is 5.32 Å². The van der Waals surface area contributed by atoms with Crippen LogP contribution in [0, 0.1) is 5.92 Å². The first kappa shape index (κ1) is 13.8. The van der Waals surface area contributed by atoms with Gasteiger partial charge in [0.25, 0.3) is 0 Å². The van der Waals surface area contributed by atoms with E-state index >= 15 is 0 Å². The molecule has 0 spiro atoms. The fourth-order valence-electron chi connectivity index (χ4n) is 2.52. The van der Waals surface area contributed by atoms with Crippen LogP contribution in [0.5, 0.6) is 0 Å². The predicted octanol–water partition coefficient (Wildman–Crippen LogP) is 3.89. The van der Waals surface area contributed by atoms with E-state index in [0.717, 1.165) is 19.3 Å². The van der Waals surface area contributed by atoms with Gasteiger partial charge in [0.05, 0.1) is 6.42 Å². The minimum Gasteiger partial charge on any atom is -0.314 e. The quantitative estimate of drug-likeness (QED) is 0.739. The fourth-order valence-corrected chi connectivity index (χ4v) is 2.52. The zero-order valence-corrected chi connectivity index (χ0v) is 9.95. The van der Waals surface area contributed by atoms with E-state index in [1.807, 2.05) is 6.92 Å². The Hall–Kier alpha value is -0.250. The second-order valence-electron chi connectivity index (χ2n) is 4.86. The van der Waals surface area contributed by atoms with Crippen molar-refractivity contribution in [1.29, 1.82) is 0 Å². The maximum atomic E-state index is 12.4. The van der Waals surface area contributed by atoms with E-state index in [-0.39, 0.29) is 6.04 Å². The van der Waals surface area contributed by atoms with Crippen molar-refractivity contribution >= 4 is 0 Å². The first-order valence-electron chi connectivity index (χ1n) is 6.31. The Balaban J connectivity index is 2.35. The number of rotatable bonds is 6. The van der Waals surface area contributed by atoms with Gasteiger partial charge in [-0.3, -0.25) is 0 Å². The first-order valence-corrected chi connectivity index (χ1v) is 6.31. The van der Waals surface area contributed by atoms with Gasteiger partial charge < -0.3 is 5.32 Å². The summed E-state index contributed by atoms with van der Waals surface area (Å²) in [4.78, 5) is 0. The van der Waals surface area contributed by atoms with E-state index < -0.39 is 12.6 Å². The molecule has 0 heterocycles. The number of hydrogen-bond acceptors (Lipinski definition) is 1. The van der Waals surface area contributed by atoms with Gasteiger partial charge in [-0.05, 0) is 25.3 Å². The lowest BCUT2D eigenvalue weighted by molar-refractivity contribution is -0.140. The molecule has 0 aromatic rings. The Morgan fingerprint density at radius 1 is 1.25 bits per heavy atom. The fraction of sp³-hybridized carbons (Fsp3) is 1.00. The molecule has 96 valence electrons. The molecule has 16 heavy (non-hydrogen) atoms. The topological polar surface area (TPSA) is 12.0 Å². The molecule has 1 aliphatic carbocycles. The molecule has 4 heteroatoms. The SMILES string of the molecule is CCCNC(CC1CCCC1)CC(F)(F)F. The van der Waals surface area contributed by atoms with Crippen LogP contribution in [0.25, 0.3) is 0 Å². The average Bonchev–Trinajstić information content (AvgIpc) is 2.64. The Bertz CT molecular complexity index is 185. The summed E-state index contributed by atoms with van der Waals surface area (Å²) in [6, 6.07) is -0.372. The summed E-state index contributed by atoms with van der Waals surface area (Å²) in [7, 11) is 0. The molecule has 1 fully saturated rings. The smallest absolute Gasteiger partial charge is 0.314 e. The maximum absolute atomic E-state index is 12.4. The zero-order valence-electron chi connectivity index (χ0n) is 9.95. The standard InChI is InChI=1S/C12H22F3N/c1-2-7-16-11(9-12(13,14)15)8-10-5-3-4-6-10/h10-11,16H,2-9H2,1H3. The van der Waals surface area contributed by atoms with Crippen LogP contribution in [0.3, 0.4) is 0 Å². The van der Waals surface area contributed by atoms with Gasteiger partial charge in [-0.1, -0.05) is 32.6 Å². The summed E-state index contributed by atoms with van der Waals surface area (Å²) < 4.78 is 37.1. The number of halogens is 3. The lowest BCUT2D eigenvalue weighted by Gasteiger charge is -2.23. The van der Waals surface area contributed by atoms with Crippen molar-refractivity contribution in [2.24, 2.45) is 5.92 Å². The van der Waals surface area contributed by atoms with E-state index in [0.29, 0.717) is 18.9 Å². The summed E-state index contributed by atoms with van der Waals surface area (Å²) in [6.07, 6.45) is 1.48. The summed E-state index contributed by atoms with van der Waals surface area (Å²) >= 11 is 0. The second kappa shape index (κ2) is 6.48. The van der Waals surface area contributed by atoms with Gasteiger partial charge in [0.1, 0.15) is 0 Å². The molecule has 0 aromatic carbocycles. The molecule has 1 rings (SSSR count). The van der Waals surface area contributed by atoms with Gasteiger partial charge in [-0.25, -0.2) is 0 Å². The van der Waals surface area contributed by atoms with Crippen molar-refractivity contribution in [3.8, 4) is 0 Å². The van der Waals surface area contributed by atoms with E-state index in [1.165, 1.54) is 12.8 Å². The van der Waals surface area contributed by atoms with E-state index in [2.05, 4.69) is 5.32 Å². The molecule has 0 aliphatic heterocycles. The molecule has 0 amide bonds. The van der Waals surface area contributed by atoms with Gasteiger partial charge in [-0.15, -0.1) is 0 Å². The molecular weight excluding hydrogens is 215 g/mol. The Labute approximate surface area is 95.8 Å².